The molecule has 16 heavy (non-hydrogen) atoms. The number of nitrogens with one attached hydrogen (secondary N) is 1. The first kappa shape index (κ1) is 13.5. The molecule has 1 atom stereocenters. The summed E-state index contributed by atoms with van der Waals surface area (Å²) in [6.07, 6.45) is 0.905. The van der Waals surface area contributed by atoms with Crippen molar-refractivity contribution in [3.63, 3.8) is 0 Å². The molecule has 1 rings (SSSR count). The third-order valence-electron chi connectivity index (χ3n) is 1.77. The van der Waals surface area contributed by atoms with Crippen molar-refractivity contribution in [2.24, 2.45) is 0 Å². The molecule has 6 heteroatoms. The molecule has 4 nitrogen and oxygen atoms in total. The van der Waals surface area contributed by atoms with Gasteiger partial charge in [0.05, 0.1) is 6.26 Å². The predicted octanol–water partition coefficient (Wildman–Crippen LogP) is 1.77. The zero-order chi connectivity index (χ0) is 12.2. The number of hydrogen-bond acceptors (Lipinski definition) is 3. The summed E-state index contributed by atoms with van der Waals surface area (Å²) < 4.78 is 30.6. The first-order valence-electron chi connectivity index (χ1n) is 4.74. The van der Waals surface area contributed by atoms with Crippen molar-refractivity contribution in [3.8, 4) is 5.75 Å². The third kappa shape index (κ3) is 5.48. The maximum Gasteiger partial charge on any atom is 0.208 e. The molecule has 0 bridgehead atoms. The van der Waals surface area contributed by atoms with Crippen LogP contribution < -0.4 is 9.46 Å². The lowest BCUT2D eigenvalue weighted by Gasteiger charge is -2.14. The van der Waals surface area contributed by atoms with Crippen LogP contribution in [0.3, 0.4) is 0 Å². The molecule has 0 fully saturated rings. The van der Waals surface area contributed by atoms with E-state index in [0.29, 0.717) is 5.75 Å². The van der Waals surface area contributed by atoms with Crippen molar-refractivity contribution >= 4 is 26.0 Å². The lowest BCUT2D eigenvalue weighted by Crippen LogP contribution is -2.32. The third-order valence-corrected chi connectivity index (χ3v) is 2.95. The van der Waals surface area contributed by atoms with Crippen LogP contribution in [0.1, 0.15) is 6.92 Å². The molecule has 90 valence electrons. The fraction of sp³-hybridized carbons (Fsp3) is 0.400. The smallest absolute Gasteiger partial charge is 0.208 e. The molecule has 1 N–H and O–H groups in total. The van der Waals surface area contributed by atoms with Gasteiger partial charge < -0.3 is 4.74 Å². The second-order valence-corrected chi connectivity index (χ2v) is 6.26. The largest absolute Gasteiger partial charge is 0.489 e. The Morgan fingerprint density at radius 1 is 1.50 bits per heavy atom. The zero-order valence-electron chi connectivity index (χ0n) is 9.10. The average Bonchev–Trinajstić information content (AvgIpc) is 2.14. The highest BCUT2D eigenvalue weighted by molar-refractivity contribution is 9.10. The highest BCUT2D eigenvalue weighted by Gasteiger charge is 2.07. The van der Waals surface area contributed by atoms with Gasteiger partial charge in [-0.25, -0.2) is 13.1 Å². The van der Waals surface area contributed by atoms with Gasteiger partial charge in [-0.2, -0.15) is 0 Å². The van der Waals surface area contributed by atoms with Gasteiger partial charge in [-0.15, -0.1) is 0 Å². The SMILES string of the molecule is C[C@H](CNS(C)(=O)=O)Oc1cccc(Br)c1. The molecule has 0 heterocycles. The van der Waals surface area contributed by atoms with Crippen molar-refractivity contribution in [3.05, 3.63) is 28.7 Å². The van der Waals surface area contributed by atoms with Gasteiger partial charge in [-0.05, 0) is 25.1 Å². The quantitative estimate of drug-likeness (QED) is 0.902. The Bertz CT molecular complexity index is 447. The predicted molar refractivity (Wildman–Crippen MR) is 67.1 cm³/mol. The van der Waals surface area contributed by atoms with E-state index in [2.05, 4.69) is 20.7 Å². The van der Waals surface area contributed by atoms with Crippen molar-refractivity contribution in [2.75, 3.05) is 12.8 Å². The zero-order valence-corrected chi connectivity index (χ0v) is 11.5. The molecule has 0 saturated heterocycles. The van der Waals surface area contributed by atoms with Crippen LogP contribution in [-0.4, -0.2) is 27.3 Å². The summed E-state index contributed by atoms with van der Waals surface area (Å²) in [5, 5.41) is 0. The second-order valence-electron chi connectivity index (χ2n) is 3.51. The maximum absolute atomic E-state index is 10.9. The fourth-order valence-corrected chi connectivity index (χ4v) is 2.00. The molecular formula is C10H14BrNO3S. The van der Waals surface area contributed by atoms with Crippen LogP contribution in [0.4, 0.5) is 0 Å². The van der Waals surface area contributed by atoms with Crippen LogP contribution in [-0.2, 0) is 10.0 Å². The van der Waals surface area contributed by atoms with Crippen molar-refractivity contribution in [1.82, 2.24) is 4.72 Å². The highest BCUT2D eigenvalue weighted by atomic mass is 79.9. The van der Waals surface area contributed by atoms with Crippen LogP contribution in [0.15, 0.2) is 28.7 Å². The van der Waals surface area contributed by atoms with E-state index < -0.39 is 10.0 Å². The molecule has 1 aromatic rings. The molecule has 0 aliphatic carbocycles. The Balaban J connectivity index is 2.49. The Kier molecular flexibility index (Phi) is 4.76. The number of sulfonamides is 1. The summed E-state index contributed by atoms with van der Waals surface area (Å²) >= 11 is 3.33. The van der Waals surface area contributed by atoms with Crippen LogP contribution in [0.2, 0.25) is 0 Å². The van der Waals surface area contributed by atoms with Crippen LogP contribution in [0.25, 0.3) is 0 Å². The van der Waals surface area contributed by atoms with Gasteiger partial charge in [0.15, 0.2) is 0 Å². The van der Waals surface area contributed by atoms with E-state index in [1.807, 2.05) is 24.3 Å². The summed E-state index contributed by atoms with van der Waals surface area (Å²) in [6, 6.07) is 7.40. The lowest BCUT2D eigenvalue weighted by atomic mass is 10.3. The molecule has 1 aromatic carbocycles. The van der Waals surface area contributed by atoms with E-state index in [-0.39, 0.29) is 12.6 Å². The molecule has 0 aromatic heterocycles. The maximum atomic E-state index is 10.9. The van der Waals surface area contributed by atoms with Crippen LogP contribution >= 0.6 is 15.9 Å². The normalized spacial score (nSPS) is 13.4. The van der Waals surface area contributed by atoms with E-state index >= 15 is 0 Å². The Morgan fingerprint density at radius 3 is 2.75 bits per heavy atom. The monoisotopic (exact) mass is 307 g/mol. The van der Waals surface area contributed by atoms with Crippen LogP contribution in [0.5, 0.6) is 5.75 Å². The van der Waals surface area contributed by atoms with Gasteiger partial charge >= 0.3 is 0 Å². The van der Waals surface area contributed by atoms with Crippen molar-refractivity contribution in [2.45, 2.75) is 13.0 Å². The van der Waals surface area contributed by atoms with Crippen molar-refractivity contribution < 1.29 is 13.2 Å². The lowest BCUT2D eigenvalue weighted by molar-refractivity contribution is 0.225. The first-order chi connectivity index (χ1) is 7.37. The minimum Gasteiger partial charge on any atom is -0.489 e. The molecule has 0 radical (unpaired) electrons. The summed E-state index contributed by atoms with van der Waals surface area (Å²) in [6.45, 7) is 2.06. The fourth-order valence-electron chi connectivity index (χ4n) is 1.08. The highest BCUT2D eigenvalue weighted by Crippen LogP contribution is 2.18. The molecule has 0 unspecified atom stereocenters. The second kappa shape index (κ2) is 5.65. The van der Waals surface area contributed by atoms with E-state index in [0.717, 1.165) is 10.7 Å². The number of rotatable bonds is 5. The summed E-state index contributed by atoms with van der Waals surface area (Å²) in [4.78, 5) is 0. The molecular weight excluding hydrogens is 294 g/mol. The van der Waals surface area contributed by atoms with Gasteiger partial charge in [0.2, 0.25) is 10.0 Å². The minimum absolute atomic E-state index is 0.218. The summed E-state index contributed by atoms with van der Waals surface area (Å²) in [5.41, 5.74) is 0. The van der Waals surface area contributed by atoms with Gasteiger partial charge in [0, 0.05) is 11.0 Å². The van der Waals surface area contributed by atoms with Gasteiger partial charge in [-0.3, -0.25) is 0 Å². The first-order valence-corrected chi connectivity index (χ1v) is 7.42. The summed E-state index contributed by atoms with van der Waals surface area (Å²) in [5.74, 6) is 0.706. The van der Waals surface area contributed by atoms with E-state index in [9.17, 15) is 8.42 Å². The minimum atomic E-state index is -3.16. The van der Waals surface area contributed by atoms with E-state index in [4.69, 9.17) is 4.74 Å². The molecule has 0 saturated carbocycles. The molecule has 0 aliphatic heterocycles. The molecule has 0 amide bonds. The topological polar surface area (TPSA) is 55.4 Å². The van der Waals surface area contributed by atoms with Gasteiger partial charge in [-0.1, -0.05) is 22.0 Å². The number of ether oxygens (including phenoxy) is 1. The summed E-state index contributed by atoms with van der Waals surface area (Å²) in [7, 11) is -3.16. The van der Waals surface area contributed by atoms with Gasteiger partial charge in [0.25, 0.3) is 0 Å². The van der Waals surface area contributed by atoms with Crippen LogP contribution in [0, 0.1) is 0 Å². The standard InChI is InChI=1S/C10H14BrNO3S/c1-8(7-12-16(2,13)14)15-10-5-3-4-9(11)6-10/h3-6,8,12H,7H2,1-2H3/t8-/m1/s1. The van der Waals surface area contributed by atoms with Gasteiger partial charge in [0.1, 0.15) is 11.9 Å². The number of halogens is 1. The average molecular weight is 308 g/mol. The number of benzene rings is 1. The molecule has 0 aliphatic rings. The molecule has 0 spiro atoms. The number of hydrogen-bond donors (Lipinski definition) is 1. The van der Waals surface area contributed by atoms with E-state index in [1.54, 1.807) is 6.92 Å². The van der Waals surface area contributed by atoms with E-state index in [1.165, 1.54) is 0 Å². The Labute approximate surface area is 104 Å². The Morgan fingerprint density at radius 2 is 2.19 bits per heavy atom. The Hall–Kier alpha value is -0.590. The van der Waals surface area contributed by atoms with Crippen molar-refractivity contribution in [1.29, 1.82) is 0 Å².